The molecule has 2 rings (SSSR count). The van der Waals surface area contributed by atoms with E-state index in [-0.39, 0.29) is 12.2 Å². The summed E-state index contributed by atoms with van der Waals surface area (Å²) in [6.07, 6.45) is -0.536. The number of hydrogen-bond acceptors (Lipinski definition) is 4. The first kappa shape index (κ1) is 19.3. The number of rotatable bonds is 6. The van der Waals surface area contributed by atoms with Gasteiger partial charge in [0.15, 0.2) is 11.6 Å². The molecule has 2 N–H and O–H groups in total. The van der Waals surface area contributed by atoms with Gasteiger partial charge in [0.05, 0.1) is 7.11 Å². The fourth-order valence-electron chi connectivity index (χ4n) is 2.28. The molecule has 6 nitrogen and oxygen atoms in total. The van der Waals surface area contributed by atoms with Crippen LogP contribution in [0.4, 0.5) is 14.5 Å². The van der Waals surface area contributed by atoms with E-state index >= 15 is 0 Å². The Morgan fingerprint density at radius 2 is 1.77 bits per heavy atom. The first-order valence-corrected chi connectivity index (χ1v) is 7.66. The molecule has 2 amide bonds. The van der Waals surface area contributed by atoms with Crippen molar-refractivity contribution in [2.24, 2.45) is 0 Å². The number of hydrogen-bond donors (Lipinski definition) is 2. The Balaban J connectivity index is 1.97. The number of benzene rings is 2. The molecule has 2 aromatic carbocycles. The van der Waals surface area contributed by atoms with E-state index in [0.717, 1.165) is 18.2 Å². The second kappa shape index (κ2) is 8.91. The summed E-state index contributed by atoms with van der Waals surface area (Å²) in [6, 6.07) is 9.90. The van der Waals surface area contributed by atoms with Crippen molar-refractivity contribution in [2.45, 2.75) is 6.10 Å². The standard InChI is InChI=1S/C18H18F2N2O4/c1-25-15-6-4-3-5-12(15)16(26-2)10-21-17(23)18(24)22-11-7-8-13(19)14(20)9-11/h3-9,16H,10H2,1-2H3,(H,21,23)(H,22,24). The minimum absolute atomic E-state index is 0.0148. The van der Waals surface area contributed by atoms with Crippen LogP contribution < -0.4 is 15.4 Å². The summed E-state index contributed by atoms with van der Waals surface area (Å²) < 4.78 is 36.6. The molecule has 0 spiro atoms. The lowest BCUT2D eigenvalue weighted by Crippen LogP contribution is -2.38. The number of halogens is 2. The number of ether oxygens (including phenoxy) is 2. The van der Waals surface area contributed by atoms with Gasteiger partial charge in [-0.1, -0.05) is 18.2 Å². The predicted octanol–water partition coefficient (Wildman–Crippen LogP) is 2.42. The zero-order chi connectivity index (χ0) is 19.1. The van der Waals surface area contributed by atoms with Crippen molar-refractivity contribution < 1.29 is 27.8 Å². The number of amides is 2. The molecular weight excluding hydrogens is 346 g/mol. The second-order valence-electron chi connectivity index (χ2n) is 5.26. The van der Waals surface area contributed by atoms with Crippen LogP contribution in [-0.4, -0.2) is 32.6 Å². The lowest BCUT2D eigenvalue weighted by atomic mass is 10.1. The Morgan fingerprint density at radius 3 is 2.42 bits per heavy atom. The molecule has 26 heavy (non-hydrogen) atoms. The summed E-state index contributed by atoms with van der Waals surface area (Å²) in [6.45, 7) is 0.0148. The maximum atomic E-state index is 13.1. The Kier molecular flexibility index (Phi) is 6.62. The molecule has 0 radical (unpaired) electrons. The Labute approximate surface area is 149 Å². The summed E-state index contributed by atoms with van der Waals surface area (Å²) in [7, 11) is 2.98. The van der Waals surface area contributed by atoms with Crippen molar-refractivity contribution in [1.82, 2.24) is 5.32 Å². The van der Waals surface area contributed by atoms with Gasteiger partial charge in [-0.25, -0.2) is 8.78 Å². The van der Waals surface area contributed by atoms with Crippen LogP contribution in [0.1, 0.15) is 11.7 Å². The quantitative estimate of drug-likeness (QED) is 0.772. The molecule has 1 unspecified atom stereocenters. The molecule has 1 atom stereocenters. The highest BCUT2D eigenvalue weighted by atomic mass is 19.2. The van der Waals surface area contributed by atoms with Crippen molar-refractivity contribution in [3.63, 3.8) is 0 Å². The molecule has 0 aliphatic rings. The fourth-order valence-corrected chi connectivity index (χ4v) is 2.28. The summed E-state index contributed by atoms with van der Waals surface area (Å²) >= 11 is 0. The molecule has 0 fully saturated rings. The molecule has 0 saturated heterocycles. The van der Waals surface area contributed by atoms with Gasteiger partial charge in [-0.15, -0.1) is 0 Å². The normalized spacial score (nSPS) is 11.5. The predicted molar refractivity (Wildman–Crippen MR) is 90.7 cm³/mol. The topological polar surface area (TPSA) is 76.7 Å². The molecule has 8 heteroatoms. The van der Waals surface area contributed by atoms with E-state index in [1.165, 1.54) is 14.2 Å². The fraction of sp³-hybridized carbons (Fsp3) is 0.222. The molecule has 0 heterocycles. The van der Waals surface area contributed by atoms with Gasteiger partial charge in [0.25, 0.3) is 0 Å². The van der Waals surface area contributed by atoms with E-state index in [0.29, 0.717) is 11.3 Å². The van der Waals surface area contributed by atoms with Crippen LogP contribution >= 0.6 is 0 Å². The van der Waals surface area contributed by atoms with E-state index < -0.39 is 29.6 Å². The van der Waals surface area contributed by atoms with Gasteiger partial charge in [-0.05, 0) is 18.2 Å². The van der Waals surface area contributed by atoms with Crippen molar-refractivity contribution in [1.29, 1.82) is 0 Å². The first-order valence-electron chi connectivity index (χ1n) is 7.66. The Bertz CT molecular complexity index is 799. The van der Waals surface area contributed by atoms with Crippen LogP contribution in [0, 0.1) is 11.6 Å². The lowest BCUT2D eigenvalue weighted by Gasteiger charge is -2.18. The Morgan fingerprint density at radius 1 is 1.04 bits per heavy atom. The first-order chi connectivity index (χ1) is 12.5. The molecule has 0 saturated carbocycles. The summed E-state index contributed by atoms with van der Waals surface area (Å²) in [5.41, 5.74) is 0.677. The maximum absolute atomic E-state index is 13.1. The third-order valence-corrected chi connectivity index (χ3v) is 3.60. The molecule has 0 aliphatic heterocycles. The zero-order valence-electron chi connectivity index (χ0n) is 14.2. The number of para-hydroxylation sites is 1. The molecule has 0 aromatic heterocycles. The minimum atomic E-state index is -1.13. The van der Waals surface area contributed by atoms with Crippen LogP contribution in [0.5, 0.6) is 5.75 Å². The van der Waals surface area contributed by atoms with Crippen LogP contribution in [-0.2, 0) is 14.3 Å². The van der Waals surface area contributed by atoms with Gasteiger partial charge in [-0.2, -0.15) is 0 Å². The van der Waals surface area contributed by atoms with E-state index in [4.69, 9.17) is 9.47 Å². The molecular formula is C18H18F2N2O4. The molecule has 2 aromatic rings. The third kappa shape index (κ3) is 4.76. The van der Waals surface area contributed by atoms with Crippen molar-refractivity contribution in [3.05, 3.63) is 59.7 Å². The van der Waals surface area contributed by atoms with Gasteiger partial charge >= 0.3 is 11.8 Å². The van der Waals surface area contributed by atoms with E-state index in [1.54, 1.807) is 24.3 Å². The van der Waals surface area contributed by atoms with Crippen molar-refractivity contribution in [3.8, 4) is 5.75 Å². The minimum Gasteiger partial charge on any atom is -0.496 e. The molecule has 138 valence electrons. The maximum Gasteiger partial charge on any atom is 0.313 e. The zero-order valence-corrected chi connectivity index (χ0v) is 14.2. The monoisotopic (exact) mass is 364 g/mol. The number of nitrogens with one attached hydrogen (secondary N) is 2. The van der Waals surface area contributed by atoms with Crippen LogP contribution in [0.15, 0.2) is 42.5 Å². The van der Waals surface area contributed by atoms with Gasteiger partial charge in [-0.3, -0.25) is 9.59 Å². The number of carbonyl (C=O) groups is 2. The average molecular weight is 364 g/mol. The number of anilines is 1. The third-order valence-electron chi connectivity index (χ3n) is 3.60. The highest BCUT2D eigenvalue weighted by molar-refractivity contribution is 6.39. The van der Waals surface area contributed by atoms with Crippen LogP contribution in [0.25, 0.3) is 0 Å². The summed E-state index contributed by atoms with van der Waals surface area (Å²) in [5.74, 6) is -3.54. The largest absolute Gasteiger partial charge is 0.496 e. The lowest BCUT2D eigenvalue weighted by molar-refractivity contribution is -0.136. The molecule has 0 aliphatic carbocycles. The van der Waals surface area contributed by atoms with E-state index in [1.807, 2.05) is 0 Å². The number of carbonyl (C=O) groups excluding carboxylic acids is 2. The average Bonchev–Trinajstić information content (AvgIpc) is 2.65. The highest BCUT2D eigenvalue weighted by Gasteiger charge is 2.19. The number of methoxy groups -OCH3 is 2. The highest BCUT2D eigenvalue weighted by Crippen LogP contribution is 2.26. The van der Waals surface area contributed by atoms with Gasteiger partial charge in [0.1, 0.15) is 11.9 Å². The smallest absolute Gasteiger partial charge is 0.313 e. The Hall–Kier alpha value is -3.00. The van der Waals surface area contributed by atoms with Gasteiger partial charge in [0.2, 0.25) is 0 Å². The van der Waals surface area contributed by atoms with Gasteiger partial charge < -0.3 is 20.1 Å². The summed E-state index contributed by atoms with van der Waals surface area (Å²) in [4.78, 5) is 23.8. The second-order valence-corrected chi connectivity index (χ2v) is 5.26. The van der Waals surface area contributed by atoms with E-state index in [2.05, 4.69) is 10.6 Å². The SMILES string of the molecule is COc1ccccc1C(CNC(=O)C(=O)Nc1ccc(F)c(F)c1)OC. The molecule has 0 bridgehead atoms. The van der Waals surface area contributed by atoms with Crippen LogP contribution in [0.2, 0.25) is 0 Å². The van der Waals surface area contributed by atoms with Crippen molar-refractivity contribution in [2.75, 3.05) is 26.1 Å². The van der Waals surface area contributed by atoms with Crippen LogP contribution in [0.3, 0.4) is 0 Å². The van der Waals surface area contributed by atoms with E-state index in [9.17, 15) is 18.4 Å². The van der Waals surface area contributed by atoms with Crippen molar-refractivity contribution >= 4 is 17.5 Å². The van der Waals surface area contributed by atoms with Gasteiger partial charge in [0, 0.05) is 31.0 Å². The summed E-state index contributed by atoms with van der Waals surface area (Å²) in [5, 5.41) is 4.62.